The van der Waals surface area contributed by atoms with Gasteiger partial charge < -0.3 is 11.1 Å². The minimum Gasteiger partial charge on any atom is -0.364 e. The number of primary amides is 1. The van der Waals surface area contributed by atoms with Gasteiger partial charge >= 0.3 is 0 Å². The molecule has 1 aromatic carbocycles. The van der Waals surface area contributed by atoms with Gasteiger partial charge in [0.1, 0.15) is 5.69 Å². The van der Waals surface area contributed by atoms with Crippen LogP contribution in [-0.4, -0.2) is 34.0 Å². The Labute approximate surface area is 143 Å². The molecule has 0 aliphatic rings. The van der Waals surface area contributed by atoms with Gasteiger partial charge in [-0.2, -0.15) is 0 Å². The molecule has 7 nitrogen and oxygen atoms in total. The molecule has 0 saturated carbocycles. The summed E-state index contributed by atoms with van der Waals surface area (Å²) in [6.07, 6.45) is 1.50. The molecule has 0 bridgehead atoms. The average Bonchev–Trinajstić information content (AvgIpc) is 2.67. The second-order valence-corrected chi connectivity index (χ2v) is 5.23. The van der Waals surface area contributed by atoms with Crippen LogP contribution in [0.1, 0.15) is 20.8 Å². The zero-order chi connectivity index (χ0) is 17.8. The topological polar surface area (TPSA) is 111 Å². The predicted octanol–water partition coefficient (Wildman–Crippen LogP) is 1.66. The number of aromatic nitrogens is 3. The number of carbonyl (C=O) groups excluding carboxylic acids is 2. The Hall–Kier alpha value is -3.61. The highest BCUT2D eigenvalue weighted by molar-refractivity contribution is 5.97. The van der Waals surface area contributed by atoms with Crippen molar-refractivity contribution in [3.63, 3.8) is 0 Å². The minimum atomic E-state index is -0.625. The van der Waals surface area contributed by atoms with E-state index in [1.165, 1.54) is 6.20 Å². The summed E-state index contributed by atoms with van der Waals surface area (Å²) < 4.78 is 0. The molecule has 3 aromatic rings. The van der Waals surface area contributed by atoms with Crippen LogP contribution in [0.3, 0.4) is 0 Å². The Morgan fingerprint density at radius 3 is 2.44 bits per heavy atom. The summed E-state index contributed by atoms with van der Waals surface area (Å²) in [5.74, 6) is -0.798. The van der Waals surface area contributed by atoms with Crippen molar-refractivity contribution in [2.45, 2.75) is 0 Å². The number of carbonyl (C=O) groups is 2. The first-order valence-corrected chi connectivity index (χ1v) is 7.51. The van der Waals surface area contributed by atoms with Crippen molar-refractivity contribution >= 4 is 11.8 Å². The molecule has 3 rings (SSSR count). The van der Waals surface area contributed by atoms with Crippen LogP contribution in [0.5, 0.6) is 0 Å². The fourth-order valence-corrected chi connectivity index (χ4v) is 2.40. The number of hydrogen-bond acceptors (Lipinski definition) is 5. The molecule has 0 fully saturated rings. The molecule has 7 heteroatoms. The van der Waals surface area contributed by atoms with Crippen LogP contribution < -0.4 is 11.1 Å². The van der Waals surface area contributed by atoms with Gasteiger partial charge in [0.25, 0.3) is 11.8 Å². The van der Waals surface area contributed by atoms with E-state index in [4.69, 9.17) is 5.73 Å². The Morgan fingerprint density at radius 2 is 1.76 bits per heavy atom. The molecule has 0 saturated heterocycles. The fourth-order valence-electron chi connectivity index (χ4n) is 2.40. The van der Waals surface area contributed by atoms with E-state index in [0.717, 1.165) is 5.56 Å². The van der Waals surface area contributed by atoms with Crippen LogP contribution in [0.4, 0.5) is 0 Å². The highest BCUT2D eigenvalue weighted by Gasteiger charge is 2.13. The lowest BCUT2D eigenvalue weighted by atomic mass is 10.1. The van der Waals surface area contributed by atoms with Crippen LogP contribution in [0, 0.1) is 0 Å². The van der Waals surface area contributed by atoms with E-state index in [0.29, 0.717) is 22.5 Å². The number of amides is 2. The standard InChI is InChI=1S/C18H15N5O2/c1-20-18(25)12-5-2-4-11(10-12)14-7-8-15(23-22-14)13-6-3-9-21-16(13)17(19)24/h2-10H,1H3,(H2,19,24)(H,20,25). The Morgan fingerprint density at radius 1 is 1.00 bits per heavy atom. The van der Waals surface area contributed by atoms with E-state index in [9.17, 15) is 9.59 Å². The van der Waals surface area contributed by atoms with Crippen molar-refractivity contribution in [1.82, 2.24) is 20.5 Å². The molecular weight excluding hydrogens is 318 g/mol. The van der Waals surface area contributed by atoms with Gasteiger partial charge in [-0.3, -0.25) is 14.6 Å². The van der Waals surface area contributed by atoms with Gasteiger partial charge in [0.05, 0.1) is 11.4 Å². The maximum atomic E-state index is 11.7. The molecule has 0 radical (unpaired) electrons. The van der Waals surface area contributed by atoms with Crippen LogP contribution in [0.2, 0.25) is 0 Å². The molecule has 25 heavy (non-hydrogen) atoms. The van der Waals surface area contributed by atoms with E-state index < -0.39 is 5.91 Å². The van der Waals surface area contributed by atoms with Gasteiger partial charge in [0.2, 0.25) is 0 Å². The molecule has 0 aliphatic heterocycles. The minimum absolute atomic E-state index is 0.145. The third-order valence-corrected chi connectivity index (χ3v) is 3.63. The SMILES string of the molecule is CNC(=O)c1cccc(-c2ccc(-c3cccnc3C(N)=O)nn2)c1. The zero-order valence-electron chi connectivity index (χ0n) is 13.4. The maximum absolute atomic E-state index is 11.7. The lowest BCUT2D eigenvalue weighted by Crippen LogP contribution is -2.17. The molecule has 0 unspecified atom stereocenters. The second-order valence-electron chi connectivity index (χ2n) is 5.23. The zero-order valence-corrected chi connectivity index (χ0v) is 13.4. The van der Waals surface area contributed by atoms with Crippen LogP contribution in [0.25, 0.3) is 22.5 Å². The van der Waals surface area contributed by atoms with Crippen molar-refractivity contribution < 1.29 is 9.59 Å². The highest BCUT2D eigenvalue weighted by atomic mass is 16.2. The first-order valence-electron chi connectivity index (χ1n) is 7.51. The van der Waals surface area contributed by atoms with Gasteiger partial charge in [-0.1, -0.05) is 12.1 Å². The van der Waals surface area contributed by atoms with Gasteiger partial charge in [-0.25, -0.2) is 0 Å². The molecule has 3 N–H and O–H groups in total. The van der Waals surface area contributed by atoms with Crippen molar-refractivity contribution in [3.8, 4) is 22.5 Å². The first kappa shape index (κ1) is 16.3. The molecule has 2 heterocycles. The average molecular weight is 333 g/mol. The van der Waals surface area contributed by atoms with Gasteiger partial charge in [-0.05, 0) is 36.4 Å². The lowest BCUT2D eigenvalue weighted by Gasteiger charge is -2.06. The van der Waals surface area contributed by atoms with E-state index >= 15 is 0 Å². The summed E-state index contributed by atoms with van der Waals surface area (Å²) in [7, 11) is 1.58. The summed E-state index contributed by atoms with van der Waals surface area (Å²) in [6.45, 7) is 0. The van der Waals surface area contributed by atoms with Crippen LogP contribution >= 0.6 is 0 Å². The number of nitrogens with zero attached hydrogens (tertiary/aromatic N) is 3. The first-order chi connectivity index (χ1) is 12.1. The molecule has 0 spiro atoms. The monoisotopic (exact) mass is 333 g/mol. The number of rotatable bonds is 4. The Kier molecular flexibility index (Phi) is 4.47. The normalized spacial score (nSPS) is 10.3. The number of nitrogens with two attached hydrogens (primary N) is 1. The lowest BCUT2D eigenvalue weighted by molar-refractivity contribution is 0.0961. The van der Waals surface area contributed by atoms with Crippen molar-refractivity contribution in [2.24, 2.45) is 5.73 Å². The number of pyridine rings is 1. The summed E-state index contributed by atoms with van der Waals surface area (Å²) >= 11 is 0. The summed E-state index contributed by atoms with van der Waals surface area (Å²) in [5, 5.41) is 10.9. The largest absolute Gasteiger partial charge is 0.364 e. The molecular formula is C18H15N5O2. The van der Waals surface area contributed by atoms with Crippen LogP contribution in [0.15, 0.2) is 54.7 Å². The summed E-state index contributed by atoms with van der Waals surface area (Å²) in [6, 6.07) is 14.0. The van der Waals surface area contributed by atoms with Gasteiger partial charge in [0, 0.05) is 29.9 Å². The quantitative estimate of drug-likeness (QED) is 0.754. The molecule has 2 aromatic heterocycles. The Balaban J connectivity index is 1.96. The molecule has 0 aliphatic carbocycles. The Bertz CT molecular complexity index is 938. The third kappa shape index (κ3) is 3.35. The smallest absolute Gasteiger partial charge is 0.268 e. The van der Waals surface area contributed by atoms with Crippen molar-refractivity contribution in [2.75, 3.05) is 7.05 Å². The van der Waals surface area contributed by atoms with E-state index in [2.05, 4.69) is 20.5 Å². The van der Waals surface area contributed by atoms with E-state index in [-0.39, 0.29) is 11.6 Å². The molecule has 2 amide bonds. The highest BCUT2D eigenvalue weighted by Crippen LogP contribution is 2.23. The third-order valence-electron chi connectivity index (χ3n) is 3.63. The van der Waals surface area contributed by atoms with E-state index in [1.807, 2.05) is 6.07 Å². The van der Waals surface area contributed by atoms with Gasteiger partial charge in [-0.15, -0.1) is 10.2 Å². The summed E-state index contributed by atoms with van der Waals surface area (Å²) in [4.78, 5) is 27.2. The molecule has 124 valence electrons. The van der Waals surface area contributed by atoms with Crippen molar-refractivity contribution in [1.29, 1.82) is 0 Å². The van der Waals surface area contributed by atoms with E-state index in [1.54, 1.807) is 49.5 Å². The number of benzene rings is 1. The van der Waals surface area contributed by atoms with Gasteiger partial charge in [0.15, 0.2) is 0 Å². The number of hydrogen-bond donors (Lipinski definition) is 2. The van der Waals surface area contributed by atoms with Crippen LogP contribution in [-0.2, 0) is 0 Å². The number of nitrogens with one attached hydrogen (secondary N) is 1. The second kappa shape index (κ2) is 6.88. The maximum Gasteiger partial charge on any atom is 0.268 e. The predicted molar refractivity (Wildman–Crippen MR) is 92.6 cm³/mol. The van der Waals surface area contributed by atoms with Crippen molar-refractivity contribution in [3.05, 3.63) is 66.0 Å². The molecule has 0 atom stereocenters. The fraction of sp³-hybridized carbons (Fsp3) is 0.0556. The summed E-state index contributed by atoms with van der Waals surface area (Å²) in [5.41, 5.74) is 8.41.